The highest BCUT2D eigenvalue weighted by Crippen LogP contribution is 2.37. The quantitative estimate of drug-likeness (QED) is 0.183. The summed E-state index contributed by atoms with van der Waals surface area (Å²) < 4.78 is 34.9. The highest BCUT2D eigenvalue weighted by Gasteiger charge is 2.34. The molecule has 1 aliphatic rings. The Morgan fingerprint density at radius 3 is 2.23 bits per heavy atom. The van der Waals surface area contributed by atoms with Gasteiger partial charge < -0.3 is 28.4 Å². The fourth-order valence-corrected chi connectivity index (χ4v) is 7.17. The molecule has 47 heavy (non-hydrogen) atoms. The van der Waals surface area contributed by atoms with Crippen LogP contribution in [0.2, 0.25) is 0 Å². The summed E-state index contributed by atoms with van der Waals surface area (Å²) in [6, 6.07) is 7.56. The molecule has 1 aliphatic heterocycles. The van der Waals surface area contributed by atoms with Gasteiger partial charge in [0.25, 0.3) is 5.56 Å². The molecule has 1 atom stereocenters. The number of methoxy groups -OCH3 is 1. The third-order valence-corrected chi connectivity index (χ3v) is 8.79. The minimum absolute atomic E-state index is 0.126. The number of hydrogen-bond acceptors (Lipinski definition) is 12. The van der Waals surface area contributed by atoms with Crippen LogP contribution in [-0.2, 0) is 28.6 Å². The van der Waals surface area contributed by atoms with E-state index in [9.17, 15) is 19.2 Å². The minimum Gasteiger partial charge on any atom is -0.490 e. The van der Waals surface area contributed by atoms with Crippen LogP contribution >= 0.6 is 43.2 Å². The second-order valence-electron chi connectivity index (χ2n) is 9.71. The molecule has 1 aromatic heterocycles. The third-order valence-electron chi connectivity index (χ3n) is 6.63. The molecule has 0 radical (unpaired) electrons. The standard InChI is InChI=1S/C32H32Br2N2O10S/c1-6-42-23-14-19(9-10-22(23)45-15-25(37)41-5)28-27(31(40)44-8-3)17(4)35-32-36(28)30(39)24(47-32)13-18-11-20(33)29(21(34)12-18)46-16-26(38)43-7-2/h9-14,28H,6-8,15-16H2,1-5H3/b24-13-/t28-/m1/s1. The average molecular weight is 796 g/mol. The van der Waals surface area contributed by atoms with Crippen LogP contribution in [0.25, 0.3) is 6.08 Å². The average Bonchev–Trinajstić information content (AvgIpc) is 3.33. The summed E-state index contributed by atoms with van der Waals surface area (Å²) >= 11 is 8.12. The van der Waals surface area contributed by atoms with Gasteiger partial charge in [0.1, 0.15) is 5.75 Å². The molecule has 0 spiro atoms. The molecule has 0 saturated carbocycles. The summed E-state index contributed by atoms with van der Waals surface area (Å²) in [7, 11) is 1.26. The van der Waals surface area contributed by atoms with Crippen molar-refractivity contribution in [2.45, 2.75) is 33.7 Å². The van der Waals surface area contributed by atoms with Crippen molar-refractivity contribution in [3.05, 3.63) is 81.4 Å². The van der Waals surface area contributed by atoms with Gasteiger partial charge in [0.05, 0.1) is 57.7 Å². The van der Waals surface area contributed by atoms with Crippen molar-refractivity contribution in [1.29, 1.82) is 0 Å². The van der Waals surface area contributed by atoms with Crippen molar-refractivity contribution in [2.24, 2.45) is 4.99 Å². The molecule has 0 fully saturated rings. The highest BCUT2D eigenvalue weighted by molar-refractivity contribution is 9.11. The predicted octanol–water partition coefficient (Wildman–Crippen LogP) is 4.22. The zero-order chi connectivity index (χ0) is 34.2. The number of allylic oxidation sites excluding steroid dienone is 1. The van der Waals surface area contributed by atoms with Gasteiger partial charge in [0.2, 0.25) is 0 Å². The Balaban J connectivity index is 1.82. The van der Waals surface area contributed by atoms with Gasteiger partial charge in [0, 0.05) is 0 Å². The molecule has 0 amide bonds. The zero-order valence-electron chi connectivity index (χ0n) is 26.2. The summed E-state index contributed by atoms with van der Waals surface area (Å²) in [4.78, 5) is 55.9. The number of halogens is 2. The monoisotopic (exact) mass is 794 g/mol. The number of carbonyl (C=O) groups is 3. The van der Waals surface area contributed by atoms with Gasteiger partial charge in [-0.25, -0.2) is 19.4 Å². The Hall–Kier alpha value is -3.95. The molecule has 2 aromatic carbocycles. The van der Waals surface area contributed by atoms with E-state index in [4.69, 9.17) is 23.7 Å². The Morgan fingerprint density at radius 2 is 1.60 bits per heavy atom. The van der Waals surface area contributed by atoms with Crippen LogP contribution < -0.4 is 29.1 Å². The molecule has 0 N–H and O–H groups in total. The maximum atomic E-state index is 14.1. The topological polar surface area (TPSA) is 141 Å². The first-order chi connectivity index (χ1) is 22.5. The number of thiazole rings is 1. The third kappa shape index (κ3) is 8.32. The first kappa shape index (κ1) is 35.9. The number of esters is 3. The van der Waals surface area contributed by atoms with Crippen molar-refractivity contribution in [3.63, 3.8) is 0 Å². The van der Waals surface area contributed by atoms with E-state index in [0.29, 0.717) is 46.6 Å². The van der Waals surface area contributed by atoms with Gasteiger partial charge in [-0.3, -0.25) is 9.36 Å². The lowest BCUT2D eigenvalue weighted by Crippen LogP contribution is -2.40. The van der Waals surface area contributed by atoms with E-state index in [0.717, 1.165) is 11.3 Å². The molecule has 250 valence electrons. The second kappa shape index (κ2) is 16.2. The lowest BCUT2D eigenvalue weighted by atomic mass is 9.95. The predicted molar refractivity (Wildman–Crippen MR) is 179 cm³/mol. The van der Waals surface area contributed by atoms with E-state index in [1.807, 2.05) is 0 Å². The van der Waals surface area contributed by atoms with Gasteiger partial charge in [-0.2, -0.15) is 0 Å². The van der Waals surface area contributed by atoms with Crippen molar-refractivity contribution in [3.8, 4) is 17.2 Å². The zero-order valence-corrected chi connectivity index (χ0v) is 30.2. The summed E-state index contributed by atoms with van der Waals surface area (Å²) in [6.45, 7) is 6.95. The number of rotatable bonds is 13. The number of hydrogen-bond donors (Lipinski definition) is 0. The molecular formula is C32H32Br2N2O10S. The normalized spacial score (nSPS) is 14.2. The van der Waals surface area contributed by atoms with Crippen LogP contribution in [0.1, 0.15) is 44.9 Å². The van der Waals surface area contributed by atoms with E-state index < -0.39 is 23.9 Å². The van der Waals surface area contributed by atoms with Crippen LogP contribution in [-0.4, -0.2) is 62.6 Å². The maximum Gasteiger partial charge on any atom is 0.344 e. The van der Waals surface area contributed by atoms with Crippen molar-refractivity contribution in [1.82, 2.24) is 4.57 Å². The number of aromatic nitrogens is 1. The van der Waals surface area contributed by atoms with E-state index in [1.54, 1.807) is 64.1 Å². The first-order valence-corrected chi connectivity index (χ1v) is 16.9. The Bertz CT molecular complexity index is 1880. The number of fused-ring (bicyclic) bond motifs is 1. The van der Waals surface area contributed by atoms with Crippen molar-refractivity contribution >= 4 is 67.2 Å². The van der Waals surface area contributed by atoms with Crippen molar-refractivity contribution < 1.29 is 42.8 Å². The van der Waals surface area contributed by atoms with Crippen molar-refractivity contribution in [2.75, 3.05) is 40.1 Å². The molecule has 0 aliphatic carbocycles. The minimum atomic E-state index is -0.904. The van der Waals surface area contributed by atoms with E-state index in [2.05, 4.69) is 41.6 Å². The first-order valence-electron chi connectivity index (χ1n) is 14.5. The van der Waals surface area contributed by atoms with Gasteiger partial charge in [-0.15, -0.1) is 0 Å². The fourth-order valence-electron chi connectivity index (χ4n) is 4.67. The summed E-state index contributed by atoms with van der Waals surface area (Å²) in [5.74, 6) is -0.671. The number of ether oxygens (including phenoxy) is 6. The van der Waals surface area contributed by atoms with Crippen LogP contribution in [0.5, 0.6) is 17.2 Å². The number of carbonyl (C=O) groups excluding carboxylic acids is 3. The summed E-state index contributed by atoms with van der Waals surface area (Å²) in [5.41, 5.74) is 1.41. The molecule has 12 nitrogen and oxygen atoms in total. The van der Waals surface area contributed by atoms with Crippen LogP contribution in [0.15, 0.2) is 60.3 Å². The van der Waals surface area contributed by atoms with Crippen LogP contribution in [0.3, 0.4) is 0 Å². The van der Waals surface area contributed by atoms with Crippen LogP contribution in [0, 0.1) is 0 Å². The number of nitrogens with zero attached hydrogens (tertiary/aromatic N) is 2. The maximum absolute atomic E-state index is 14.1. The Labute approximate surface area is 290 Å². The molecule has 0 unspecified atom stereocenters. The smallest absolute Gasteiger partial charge is 0.344 e. The fraction of sp³-hybridized carbons (Fsp3) is 0.344. The van der Waals surface area contributed by atoms with Gasteiger partial charge in [0.15, 0.2) is 29.5 Å². The molecule has 0 saturated heterocycles. The summed E-state index contributed by atoms with van der Waals surface area (Å²) in [5, 5.41) is 0. The SMILES string of the molecule is CCOC(=O)COc1c(Br)cc(/C=c2\sc3n(c2=O)[C@H](c2ccc(OCC(=O)OC)c(OCC)c2)C(C(=O)OCC)=C(C)N=3)cc1Br. The van der Waals surface area contributed by atoms with Gasteiger partial charge >= 0.3 is 17.9 Å². The molecule has 15 heteroatoms. The lowest BCUT2D eigenvalue weighted by Gasteiger charge is -2.25. The highest BCUT2D eigenvalue weighted by atomic mass is 79.9. The van der Waals surface area contributed by atoms with E-state index in [-0.39, 0.29) is 49.9 Å². The lowest BCUT2D eigenvalue weighted by molar-refractivity contribution is -0.145. The molecule has 4 rings (SSSR count). The molecule has 3 aromatic rings. The summed E-state index contributed by atoms with van der Waals surface area (Å²) in [6.07, 6.45) is 1.70. The van der Waals surface area contributed by atoms with E-state index in [1.165, 1.54) is 11.7 Å². The van der Waals surface area contributed by atoms with Gasteiger partial charge in [-0.1, -0.05) is 17.4 Å². The Kier molecular flexibility index (Phi) is 12.4. The molecule has 2 heterocycles. The van der Waals surface area contributed by atoms with Crippen LogP contribution in [0.4, 0.5) is 0 Å². The molecular weight excluding hydrogens is 764 g/mol. The number of benzene rings is 2. The van der Waals surface area contributed by atoms with Gasteiger partial charge in [-0.05, 0) is 101 Å². The second-order valence-corrected chi connectivity index (χ2v) is 12.4. The van der Waals surface area contributed by atoms with E-state index >= 15 is 0 Å². The molecule has 0 bridgehead atoms. The Morgan fingerprint density at radius 1 is 0.915 bits per heavy atom. The largest absolute Gasteiger partial charge is 0.490 e.